The van der Waals surface area contributed by atoms with Crippen LogP contribution in [0, 0.1) is 5.41 Å². The molecule has 20 heavy (non-hydrogen) atoms. The van der Waals surface area contributed by atoms with Gasteiger partial charge in [0.1, 0.15) is 0 Å². The highest BCUT2D eigenvalue weighted by Crippen LogP contribution is 2.40. The Morgan fingerprint density at radius 1 is 1.15 bits per heavy atom. The van der Waals surface area contributed by atoms with Crippen LogP contribution in [-0.4, -0.2) is 24.5 Å². The largest absolute Gasteiger partial charge is 0.352 e. The zero-order valence-electron chi connectivity index (χ0n) is 13.3. The molecule has 0 heterocycles. The quantitative estimate of drug-likeness (QED) is 0.783. The average molecular weight is 280 g/mol. The van der Waals surface area contributed by atoms with Crippen molar-refractivity contribution in [3.63, 3.8) is 0 Å². The van der Waals surface area contributed by atoms with Crippen molar-refractivity contribution in [3.8, 4) is 0 Å². The molecule has 2 saturated carbocycles. The van der Waals surface area contributed by atoms with Crippen molar-refractivity contribution in [1.82, 2.24) is 10.6 Å². The molecule has 0 spiro atoms. The molecule has 3 heteroatoms. The third-order valence-corrected chi connectivity index (χ3v) is 5.54. The lowest BCUT2D eigenvalue weighted by molar-refractivity contribution is -0.123. The summed E-state index contributed by atoms with van der Waals surface area (Å²) < 4.78 is 0. The molecule has 0 saturated heterocycles. The zero-order valence-corrected chi connectivity index (χ0v) is 13.3. The molecule has 3 nitrogen and oxygen atoms in total. The number of hydrogen-bond acceptors (Lipinski definition) is 2. The summed E-state index contributed by atoms with van der Waals surface area (Å²) >= 11 is 0. The molecule has 2 N–H and O–H groups in total. The summed E-state index contributed by atoms with van der Waals surface area (Å²) in [7, 11) is 0. The Balaban J connectivity index is 1.72. The maximum Gasteiger partial charge on any atom is 0.237 e. The maximum absolute atomic E-state index is 12.2. The van der Waals surface area contributed by atoms with Gasteiger partial charge < -0.3 is 10.6 Å². The first kappa shape index (κ1) is 15.8. The number of carbonyl (C=O) groups excluding carboxylic acids is 1. The predicted octanol–water partition coefficient (Wildman–Crippen LogP) is 3.38. The van der Waals surface area contributed by atoms with E-state index in [0.717, 1.165) is 19.4 Å². The van der Waals surface area contributed by atoms with Crippen molar-refractivity contribution in [1.29, 1.82) is 0 Å². The Labute approximate surface area is 124 Å². The van der Waals surface area contributed by atoms with Crippen LogP contribution in [0.25, 0.3) is 0 Å². The smallest absolute Gasteiger partial charge is 0.237 e. The standard InChI is InChI=1S/C17H32N2O/c1-3-17(11-7-8-12-17)13-18-14(2)16(20)19-15-9-5-4-6-10-15/h14-15,18H,3-13H2,1-2H3,(H,19,20). The van der Waals surface area contributed by atoms with Crippen LogP contribution in [0.5, 0.6) is 0 Å². The Morgan fingerprint density at radius 2 is 1.80 bits per heavy atom. The molecule has 1 amide bonds. The van der Waals surface area contributed by atoms with Crippen LogP contribution >= 0.6 is 0 Å². The van der Waals surface area contributed by atoms with Gasteiger partial charge in [-0.15, -0.1) is 0 Å². The summed E-state index contributed by atoms with van der Waals surface area (Å²) in [6.07, 6.45) is 12.8. The SMILES string of the molecule is CCC1(CNC(C)C(=O)NC2CCCCC2)CCCC1. The second-order valence-electron chi connectivity index (χ2n) is 7.01. The van der Waals surface area contributed by atoms with E-state index < -0.39 is 0 Å². The Kier molecular flexibility index (Phi) is 5.88. The second kappa shape index (κ2) is 7.44. The summed E-state index contributed by atoms with van der Waals surface area (Å²) in [6, 6.07) is 0.369. The molecule has 116 valence electrons. The van der Waals surface area contributed by atoms with E-state index in [1.165, 1.54) is 51.4 Å². The van der Waals surface area contributed by atoms with Crippen molar-refractivity contribution < 1.29 is 4.79 Å². The van der Waals surface area contributed by atoms with Crippen molar-refractivity contribution in [3.05, 3.63) is 0 Å². The van der Waals surface area contributed by atoms with Gasteiger partial charge in [0, 0.05) is 12.6 Å². The van der Waals surface area contributed by atoms with Gasteiger partial charge in [-0.3, -0.25) is 4.79 Å². The Bertz CT molecular complexity index is 304. The van der Waals surface area contributed by atoms with Crippen LogP contribution in [-0.2, 0) is 4.79 Å². The van der Waals surface area contributed by atoms with Crippen LogP contribution in [0.3, 0.4) is 0 Å². The molecule has 1 atom stereocenters. The van der Waals surface area contributed by atoms with Gasteiger partial charge in [0.15, 0.2) is 0 Å². The van der Waals surface area contributed by atoms with Crippen molar-refractivity contribution in [2.75, 3.05) is 6.54 Å². The zero-order chi connectivity index (χ0) is 14.4. The van der Waals surface area contributed by atoms with E-state index in [9.17, 15) is 4.79 Å². The van der Waals surface area contributed by atoms with E-state index >= 15 is 0 Å². The first-order valence-electron chi connectivity index (χ1n) is 8.69. The van der Waals surface area contributed by atoms with E-state index in [2.05, 4.69) is 17.6 Å². The molecule has 0 bridgehead atoms. The molecule has 0 aromatic heterocycles. The van der Waals surface area contributed by atoms with Gasteiger partial charge in [-0.05, 0) is 44.4 Å². The monoisotopic (exact) mass is 280 g/mol. The second-order valence-corrected chi connectivity index (χ2v) is 7.01. The van der Waals surface area contributed by atoms with Crippen molar-refractivity contribution in [2.45, 2.75) is 90.1 Å². The van der Waals surface area contributed by atoms with E-state index in [0.29, 0.717) is 11.5 Å². The Morgan fingerprint density at radius 3 is 2.40 bits per heavy atom. The average Bonchev–Trinajstić information content (AvgIpc) is 2.95. The van der Waals surface area contributed by atoms with E-state index in [1.807, 2.05) is 6.92 Å². The lowest BCUT2D eigenvalue weighted by atomic mass is 9.83. The summed E-state index contributed by atoms with van der Waals surface area (Å²) in [4.78, 5) is 12.2. The van der Waals surface area contributed by atoms with Crippen LogP contribution < -0.4 is 10.6 Å². The maximum atomic E-state index is 12.2. The first-order valence-corrected chi connectivity index (χ1v) is 8.69. The molecule has 1 unspecified atom stereocenters. The van der Waals surface area contributed by atoms with Crippen molar-refractivity contribution in [2.24, 2.45) is 5.41 Å². The normalized spacial score (nSPS) is 24.5. The number of nitrogens with one attached hydrogen (secondary N) is 2. The molecule has 0 aromatic carbocycles. The van der Waals surface area contributed by atoms with Gasteiger partial charge in [-0.1, -0.05) is 39.0 Å². The molecule has 0 aromatic rings. The molecule has 2 aliphatic carbocycles. The molecule has 2 rings (SSSR count). The fourth-order valence-corrected chi connectivity index (χ4v) is 3.82. The lowest BCUT2D eigenvalue weighted by Gasteiger charge is -2.30. The van der Waals surface area contributed by atoms with Gasteiger partial charge in [0.2, 0.25) is 5.91 Å². The third kappa shape index (κ3) is 4.21. The third-order valence-electron chi connectivity index (χ3n) is 5.54. The fourth-order valence-electron chi connectivity index (χ4n) is 3.82. The van der Waals surface area contributed by atoms with E-state index in [4.69, 9.17) is 0 Å². The van der Waals surface area contributed by atoms with Crippen LogP contribution in [0.2, 0.25) is 0 Å². The minimum atomic E-state index is -0.0547. The highest BCUT2D eigenvalue weighted by molar-refractivity contribution is 5.81. The van der Waals surface area contributed by atoms with Gasteiger partial charge in [0.05, 0.1) is 6.04 Å². The van der Waals surface area contributed by atoms with E-state index in [-0.39, 0.29) is 11.9 Å². The summed E-state index contributed by atoms with van der Waals surface area (Å²) in [5.41, 5.74) is 0.458. The van der Waals surface area contributed by atoms with Crippen LogP contribution in [0.4, 0.5) is 0 Å². The Hall–Kier alpha value is -0.570. The molecule has 0 radical (unpaired) electrons. The fraction of sp³-hybridized carbons (Fsp3) is 0.941. The molecule has 2 aliphatic rings. The topological polar surface area (TPSA) is 41.1 Å². The minimum Gasteiger partial charge on any atom is -0.352 e. The van der Waals surface area contributed by atoms with Crippen LogP contribution in [0.15, 0.2) is 0 Å². The molecule has 0 aliphatic heterocycles. The highest BCUT2D eigenvalue weighted by atomic mass is 16.2. The summed E-state index contributed by atoms with van der Waals surface area (Å²) in [5.74, 6) is 0.196. The first-order chi connectivity index (χ1) is 9.65. The molecular weight excluding hydrogens is 248 g/mol. The predicted molar refractivity (Wildman–Crippen MR) is 83.7 cm³/mol. The van der Waals surface area contributed by atoms with Gasteiger partial charge in [-0.2, -0.15) is 0 Å². The minimum absolute atomic E-state index is 0.0547. The molecule has 2 fully saturated rings. The number of hydrogen-bond donors (Lipinski definition) is 2. The lowest BCUT2D eigenvalue weighted by Crippen LogP contribution is -2.49. The van der Waals surface area contributed by atoms with E-state index in [1.54, 1.807) is 0 Å². The summed E-state index contributed by atoms with van der Waals surface area (Å²) in [6.45, 7) is 5.30. The number of amides is 1. The van der Waals surface area contributed by atoms with Crippen molar-refractivity contribution >= 4 is 5.91 Å². The van der Waals surface area contributed by atoms with Gasteiger partial charge >= 0.3 is 0 Å². The highest BCUT2D eigenvalue weighted by Gasteiger charge is 2.32. The number of rotatable bonds is 6. The van der Waals surface area contributed by atoms with Gasteiger partial charge in [0.25, 0.3) is 0 Å². The van der Waals surface area contributed by atoms with Gasteiger partial charge in [-0.25, -0.2) is 0 Å². The molecular formula is C17H32N2O. The number of carbonyl (C=O) groups is 1. The van der Waals surface area contributed by atoms with Crippen LogP contribution in [0.1, 0.15) is 78.1 Å². The summed E-state index contributed by atoms with van der Waals surface area (Å²) in [5, 5.41) is 6.72.